The fraction of sp³-hybridized carbons (Fsp3) is 0.111. The molecule has 1 nitrogen and oxygen atoms in total. The maximum atomic E-state index is 5.93. The molecule has 0 spiro atoms. The van der Waals surface area contributed by atoms with Gasteiger partial charge in [-0.15, -0.1) is 11.3 Å². The number of fused-ring (bicyclic) bond motifs is 1. The lowest BCUT2D eigenvalue weighted by molar-refractivity contribution is 1.49. The molecular formula is C9H8INS. The molecule has 0 aliphatic heterocycles. The van der Waals surface area contributed by atoms with Crippen LogP contribution in [0, 0.1) is 10.5 Å². The number of anilines is 1. The highest BCUT2D eigenvalue weighted by Crippen LogP contribution is 2.32. The Balaban J connectivity index is 2.97. The van der Waals surface area contributed by atoms with E-state index in [1.165, 1.54) is 19.2 Å². The van der Waals surface area contributed by atoms with Crippen LogP contribution in [0.3, 0.4) is 0 Å². The third-order valence-electron chi connectivity index (χ3n) is 1.94. The largest absolute Gasteiger partial charge is 0.398 e. The Morgan fingerprint density at radius 2 is 2.25 bits per heavy atom. The molecular weight excluding hydrogens is 281 g/mol. The minimum absolute atomic E-state index is 0.923. The van der Waals surface area contributed by atoms with Gasteiger partial charge in [-0.2, -0.15) is 0 Å². The van der Waals surface area contributed by atoms with E-state index in [4.69, 9.17) is 5.73 Å². The second-order valence-electron chi connectivity index (χ2n) is 2.75. The lowest BCUT2D eigenvalue weighted by atomic mass is 10.1. The predicted octanol–water partition coefficient (Wildman–Crippen LogP) is 3.40. The van der Waals surface area contributed by atoms with Crippen LogP contribution >= 0.6 is 33.9 Å². The van der Waals surface area contributed by atoms with Crippen molar-refractivity contribution in [3.63, 3.8) is 0 Å². The lowest BCUT2D eigenvalue weighted by Gasteiger charge is -2.02. The number of nitrogens with two attached hydrogens (primary N) is 1. The van der Waals surface area contributed by atoms with Crippen molar-refractivity contribution in [2.75, 3.05) is 5.73 Å². The first kappa shape index (κ1) is 8.31. The summed E-state index contributed by atoms with van der Waals surface area (Å²) in [5.41, 5.74) is 8.03. The molecule has 62 valence electrons. The third kappa shape index (κ3) is 1.11. The Hall–Kier alpha value is -0.290. The van der Waals surface area contributed by atoms with Crippen molar-refractivity contribution < 1.29 is 0 Å². The van der Waals surface area contributed by atoms with E-state index >= 15 is 0 Å². The molecule has 2 N–H and O–H groups in total. The number of thiophene rings is 1. The van der Waals surface area contributed by atoms with E-state index in [0.29, 0.717) is 0 Å². The van der Waals surface area contributed by atoms with E-state index in [1.807, 2.05) is 0 Å². The van der Waals surface area contributed by atoms with Gasteiger partial charge in [0.15, 0.2) is 0 Å². The molecule has 2 rings (SSSR count). The summed E-state index contributed by atoms with van der Waals surface area (Å²) >= 11 is 4.10. The SMILES string of the molecule is Cc1cc(I)c2sccc2c1N. The Labute approximate surface area is 88.7 Å². The van der Waals surface area contributed by atoms with Crippen molar-refractivity contribution in [3.8, 4) is 0 Å². The fourth-order valence-corrected chi connectivity index (χ4v) is 3.21. The van der Waals surface area contributed by atoms with Gasteiger partial charge in [0.25, 0.3) is 0 Å². The summed E-state index contributed by atoms with van der Waals surface area (Å²) in [7, 11) is 0. The summed E-state index contributed by atoms with van der Waals surface area (Å²) in [6, 6.07) is 4.22. The van der Waals surface area contributed by atoms with Gasteiger partial charge in [0.2, 0.25) is 0 Å². The number of nitrogen functional groups attached to an aromatic ring is 1. The van der Waals surface area contributed by atoms with E-state index in [1.54, 1.807) is 11.3 Å². The van der Waals surface area contributed by atoms with Gasteiger partial charge in [-0.3, -0.25) is 0 Å². The zero-order valence-corrected chi connectivity index (χ0v) is 9.57. The average molecular weight is 289 g/mol. The second kappa shape index (κ2) is 2.88. The maximum absolute atomic E-state index is 5.93. The van der Waals surface area contributed by atoms with Crippen LogP contribution in [0.15, 0.2) is 17.5 Å². The number of hydrogen-bond donors (Lipinski definition) is 1. The van der Waals surface area contributed by atoms with Gasteiger partial charge in [-0.05, 0) is 52.6 Å². The van der Waals surface area contributed by atoms with Gasteiger partial charge in [0.05, 0.1) is 0 Å². The molecule has 0 amide bonds. The average Bonchev–Trinajstić information content (AvgIpc) is 2.48. The minimum atomic E-state index is 0.923. The topological polar surface area (TPSA) is 26.0 Å². The van der Waals surface area contributed by atoms with Crippen LogP contribution in [0.2, 0.25) is 0 Å². The molecule has 0 aliphatic rings. The van der Waals surface area contributed by atoms with Crippen molar-refractivity contribution in [3.05, 3.63) is 26.6 Å². The van der Waals surface area contributed by atoms with Gasteiger partial charge < -0.3 is 5.73 Å². The highest BCUT2D eigenvalue weighted by atomic mass is 127. The number of rotatable bonds is 0. The molecule has 1 aromatic carbocycles. The van der Waals surface area contributed by atoms with Crippen LogP contribution in [0.25, 0.3) is 10.1 Å². The van der Waals surface area contributed by atoms with Crippen molar-refractivity contribution in [2.24, 2.45) is 0 Å². The van der Waals surface area contributed by atoms with Crippen LogP contribution in [0.1, 0.15) is 5.56 Å². The quantitative estimate of drug-likeness (QED) is 0.584. The first-order chi connectivity index (χ1) is 5.70. The summed E-state index contributed by atoms with van der Waals surface area (Å²) < 4.78 is 2.60. The first-order valence-electron chi connectivity index (χ1n) is 3.62. The van der Waals surface area contributed by atoms with E-state index < -0.39 is 0 Å². The Morgan fingerprint density at radius 3 is 3.00 bits per heavy atom. The van der Waals surface area contributed by atoms with Gasteiger partial charge in [-0.1, -0.05) is 0 Å². The van der Waals surface area contributed by atoms with Crippen molar-refractivity contribution in [1.29, 1.82) is 0 Å². The lowest BCUT2D eigenvalue weighted by Crippen LogP contribution is -1.90. The molecule has 12 heavy (non-hydrogen) atoms. The third-order valence-corrected chi connectivity index (χ3v) is 4.10. The zero-order valence-electron chi connectivity index (χ0n) is 6.60. The Morgan fingerprint density at radius 1 is 1.50 bits per heavy atom. The van der Waals surface area contributed by atoms with Crippen molar-refractivity contribution >= 4 is 49.7 Å². The predicted molar refractivity (Wildman–Crippen MR) is 63.7 cm³/mol. The number of halogens is 1. The Bertz CT molecular complexity index is 433. The molecule has 0 aliphatic carbocycles. The van der Waals surface area contributed by atoms with Crippen LogP contribution in [0.4, 0.5) is 5.69 Å². The van der Waals surface area contributed by atoms with Gasteiger partial charge in [-0.25, -0.2) is 0 Å². The van der Waals surface area contributed by atoms with Crippen LogP contribution < -0.4 is 5.73 Å². The normalized spacial score (nSPS) is 10.8. The molecule has 3 heteroatoms. The number of hydrogen-bond acceptors (Lipinski definition) is 2. The molecule has 0 unspecified atom stereocenters. The van der Waals surface area contributed by atoms with Gasteiger partial charge in [0.1, 0.15) is 0 Å². The van der Waals surface area contributed by atoms with Crippen LogP contribution in [0.5, 0.6) is 0 Å². The summed E-state index contributed by atoms with van der Waals surface area (Å²) in [5.74, 6) is 0. The molecule has 0 fully saturated rings. The summed E-state index contributed by atoms with van der Waals surface area (Å²) in [6.07, 6.45) is 0. The summed E-state index contributed by atoms with van der Waals surface area (Å²) in [5, 5.41) is 3.28. The van der Waals surface area contributed by atoms with E-state index in [-0.39, 0.29) is 0 Å². The minimum Gasteiger partial charge on any atom is -0.398 e. The van der Waals surface area contributed by atoms with Gasteiger partial charge in [0, 0.05) is 19.3 Å². The smallest absolute Gasteiger partial charge is 0.0497 e. The molecule has 0 saturated heterocycles. The van der Waals surface area contributed by atoms with Crippen LogP contribution in [-0.4, -0.2) is 0 Å². The second-order valence-corrected chi connectivity index (χ2v) is 4.83. The zero-order chi connectivity index (χ0) is 8.72. The van der Waals surface area contributed by atoms with Gasteiger partial charge >= 0.3 is 0 Å². The molecule has 2 aromatic rings. The molecule has 0 atom stereocenters. The summed E-state index contributed by atoms with van der Waals surface area (Å²) in [6.45, 7) is 2.05. The highest BCUT2D eigenvalue weighted by Gasteiger charge is 2.05. The van der Waals surface area contributed by atoms with E-state index in [9.17, 15) is 0 Å². The molecule has 0 bridgehead atoms. The van der Waals surface area contributed by atoms with Crippen LogP contribution in [-0.2, 0) is 0 Å². The van der Waals surface area contributed by atoms with Crippen molar-refractivity contribution in [2.45, 2.75) is 6.92 Å². The standard InChI is InChI=1S/C9H8INS/c1-5-4-7(10)9-6(8(5)11)2-3-12-9/h2-4H,11H2,1H3. The monoisotopic (exact) mass is 289 g/mol. The molecule has 1 aromatic heterocycles. The Kier molecular flexibility index (Phi) is 2.00. The molecule has 1 heterocycles. The highest BCUT2D eigenvalue weighted by molar-refractivity contribution is 14.1. The number of aryl methyl sites for hydroxylation is 1. The van der Waals surface area contributed by atoms with E-state index in [0.717, 1.165) is 5.69 Å². The maximum Gasteiger partial charge on any atom is 0.0497 e. The molecule has 0 saturated carbocycles. The van der Waals surface area contributed by atoms with Crippen molar-refractivity contribution in [1.82, 2.24) is 0 Å². The summed E-state index contributed by atoms with van der Waals surface area (Å²) in [4.78, 5) is 0. The van der Waals surface area contributed by atoms with E-state index in [2.05, 4.69) is 47.0 Å². The fourth-order valence-electron chi connectivity index (χ4n) is 1.25. The first-order valence-corrected chi connectivity index (χ1v) is 5.58. The molecule has 0 radical (unpaired) electrons. The number of benzene rings is 1.